The number of nitrogens with zero attached hydrogens (tertiary/aromatic N) is 2. The molecule has 0 saturated carbocycles. The van der Waals surface area contributed by atoms with E-state index in [2.05, 4.69) is 26.2 Å². The first-order valence-corrected chi connectivity index (χ1v) is 10.9. The van der Waals surface area contributed by atoms with E-state index in [0.29, 0.717) is 30.2 Å². The molecule has 2 heterocycles. The smallest absolute Gasteiger partial charge is 0.321 e. The highest BCUT2D eigenvalue weighted by molar-refractivity contribution is 6.00. The first-order valence-electron chi connectivity index (χ1n) is 10.9. The summed E-state index contributed by atoms with van der Waals surface area (Å²) in [7, 11) is 0. The molecule has 5 amide bonds. The second kappa shape index (κ2) is 9.59. The fourth-order valence-corrected chi connectivity index (χ4v) is 3.91. The van der Waals surface area contributed by atoms with Crippen molar-refractivity contribution in [2.45, 2.75) is 25.8 Å². The number of hydrogen-bond acceptors (Lipinski definition) is 4. The first kappa shape index (κ1) is 21.5. The van der Waals surface area contributed by atoms with Crippen LogP contribution in [-0.2, 0) is 4.79 Å². The Hall–Kier alpha value is -3.75. The zero-order chi connectivity index (χ0) is 22.5. The number of anilines is 4. The number of amides is 5. The molecule has 4 rings (SSSR count). The molecule has 32 heavy (non-hydrogen) atoms. The van der Waals surface area contributed by atoms with Crippen LogP contribution in [0.15, 0.2) is 48.5 Å². The highest BCUT2D eigenvalue weighted by atomic mass is 16.2. The van der Waals surface area contributed by atoms with Gasteiger partial charge in [-0.1, -0.05) is 12.1 Å². The molecule has 2 aliphatic rings. The third-order valence-electron chi connectivity index (χ3n) is 5.60. The molecule has 168 valence electrons. The van der Waals surface area contributed by atoms with E-state index >= 15 is 0 Å². The summed E-state index contributed by atoms with van der Waals surface area (Å²) in [6, 6.07) is 13.4. The Morgan fingerprint density at radius 1 is 0.938 bits per heavy atom. The first-order chi connectivity index (χ1) is 15.5. The van der Waals surface area contributed by atoms with Crippen molar-refractivity contribution in [3.63, 3.8) is 0 Å². The standard InChI is InChI=1S/C23H28N6O3/c1-16(21(30)26-17-6-4-8-19(14-17)28-11-2-3-12-28)25-22(31)27-18-7-5-9-20(15-18)29-13-10-24-23(29)32/h4-9,14-16H,2-3,10-13H2,1H3,(H,24,32)(H,26,30)(H2,25,27,31). The van der Waals surface area contributed by atoms with Gasteiger partial charge in [0.05, 0.1) is 0 Å². The van der Waals surface area contributed by atoms with E-state index < -0.39 is 12.1 Å². The lowest BCUT2D eigenvalue weighted by molar-refractivity contribution is -0.117. The monoisotopic (exact) mass is 436 g/mol. The number of benzene rings is 2. The van der Waals surface area contributed by atoms with E-state index in [1.165, 1.54) is 12.8 Å². The van der Waals surface area contributed by atoms with E-state index in [9.17, 15) is 14.4 Å². The Bertz CT molecular complexity index is 1000. The fraction of sp³-hybridized carbons (Fsp3) is 0.348. The molecule has 9 heteroatoms. The van der Waals surface area contributed by atoms with Crippen molar-refractivity contribution < 1.29 is 14.4 Å². The number of carbonyl (C=O) groups excluding carboxylic acids is 3. The molecular formula is C23H28N6O3. The molecule has 9 nitrogen and oxygen atoms in total. The van der Waals surface area contributed by atoms with Gasteiger partial charge in [-0.05, 0) is 56.2 Å². The van der Waals surface area contributed by atoms with Gasteiger partial charge in [-0.15, -0.1) is 0 Å². The van der Waals surface area contributed by atoms with Gasteiger partial charge in [0.15, 0.2) is 0 Å². The van der Waals surface area contributed by atoms with E-state index in [0.717, 1.165) is 18.8 Å². The molecule has 2 aliphatic heterocycles. The van der Waals surface area contributed by atoms with Crippen LogP contribution in [0.3, 0.4) is 0 Å². The topological polar surface area (TPSA) is 106 Å². The number of hydrogen-bond donors (Lipinski definition) is 4. The van der Waals surface area contributed by atoms with E-state index in [4.69, 9.17) is 0 Å². The molecule has 0 aromatic heterocycles. The maximum atomic E-state index is 12.6. The molecule has 2 saturated heterocycles. The van der Waals surface area contributed by atoms with Gasteiger partial charge in [-0.2, -0.15) is 0 Å². The summed E-state index contributed by atoms with van der Waals surface area (Å²) in [5.74, 6) is -0.304. The predicted octanol–water partition coefficient (Wildman–Crippen LogP) is 2.97. The lowest BCUT2D eigenvalue weighted by Gasteiger charge is -2.19. The Morgan fingerprint density at radius 3 is 2.28 bits per heavy atom. The van der Waals surface area contributed by atoms with Gasteiger partial charge in [-0.25, -0.2) is 9.59 Å². The van der Waals surface area contributed by atoms with Gasteiger partial charge in [0.25, 0.3) is 0 Å². The fourth-order valence-electron chi connectivity index (χ4n) is 3.91. The van der Waals surface area contributed by atoms with Gasteiger partial charge in [0.2, 0.25) is 5.91 Å². The molecule has 0 radical (unpaired) electrons. The lowest BCUT2D eigenvalue weighted by atomic mass is 10.2. The summed E-state index contributed by atoms with van der Waals surface area (Å²) < 4.78 is 0. The molecule has 0 spiro atoms. The van der Waals surface area contributed by atoms with Crippen LogP contribution in [0.1, 0.15) is 19.8 Å². The van der Waals surface area contributed by atoms with Crippen molar-refractivity contribution >= 4 is 40.7 Å². The van der Waals surface area contributed by atoms with E-state index in [1.807, 2.05) is 24.3 Å². The number of rotatable bonds is 6. The molecule has 1 atom stereocenters. The third kappa shape index (κ3) is 5.11. The highest BCUT2D eigenvalue weighted by Crippen LogP contribution is 2.23. The van der Waals surface area contributed by atoms with E-state index in [1.54, 1.807) is 36.1 Å². The Labute approximate surface area is 187 Å². The number of nitrogens with one attached hydrogen (secondary N) is 4. The van der Waals surface area contributed by atoms with Crippen molar-refractivity contribution in [3.8, 4) is 0 Å². The molecular weight excluding hydrogens is 408 g/mol. The van der Waals surface area contributed by atoms with Gasteiger partial charge in [-0.3, -0.25) is 9.69 Å². The molecule has 0 aliphatic carbocycles. The van der Waals surface area contributed by atoms with Crippen LogP contribution in [0.25, 0.3) is 0 Å². The van der Waals surface area contributed by atoms with Crippen molar-refractivity contribution in [2.24, 2.45) is 0 Å². The minimum absolute atomic E-state index is 0.161. The quantitative estimate of drug-likeness (QED) is 0.559. The number of urea groups is 2. The van der Waals surface area contributed by atoms with Crippen LogP contribution >= 0.6 is 0 Å². The van der Waals surface area contributed by atoms with Crippen LogP contribution in [0, 0.1) is 0 Å². The maximum Gasteiger partial charge on any atom is 0.321 e. The molecule has 1 unspecified atom stereocenters. The van der Waals surface area contributed by atoms with Crippen molar-refractivity contribution in [3.05, 3.63) is 48.5 Å². The Kier molecular flexibility index (Phi) is 6.44. The minimum atomic E-state index is -0.738. The third-order valence-corrected chi connectivity index (χ3v) is 5.60. The highest BCUT2D eigenvalue weighted by Gasteiger charge is 2.22. The van der Waals surface area contributed by atoms with Gasteiger partial charge < -0.3 is 26.2 Å². The second-order valence-corrected chi connectivity index (χ2v) is 7.99. The van der Waals surface area contributed by atoms with Gasteiger partial charge in [0.1, 0.15) is 6.04 Å². The Morgan fingerprint density at radius 2 is 1.59 bits per heavy atom. The molecule has 4 N–H and O–H groups in total. The minimum Gasteiger partial charge on any atom is -0.371 e. The normalized spacial score (nSPS) is 16.5. The van der Waals surface area contributed by atoms with Crippen LogP contribution in [-0.4, -0.2) is 50.2 Å². The summed E-state index contributed by atoms with van der Waals surface area (Å²) in [6.45, 7) is 4.84. The summed E-state index contributed by atoms with van der Waals surface area (Å²) in [5, 5.41) is 11.0. The van der Waals surface area contributed by atoms with Crippen LogP contribution in [0.2, 0.25) is 0 Å². The SMILES string of the molecule is CC(NC(=O)Nc1cccc(N2CCNC2=O)c1)C(=O)Nc1cccc(N2CCCC2)c1. The Balaban J connectivity index is 1.31. The van der Waals surface area contributed by atoms with Crippen LogP contribution in [0.4, 0.5) is 32.3 Å². The average Bonchev–Trinajstić information content (AvgIpc) is 3.46. The average molecular weight is 437 g/mol. The number of carbonyl (C=O) groups is 3. The zero-order valence-corrected chi connectivity index (χ0v) is 18.1. The van der Waals surface area contributed by atoms with Crippen LogP contribution < -0.4 is 31.1 Å². The lowest BCUT2D eigenvalue weighted by Crippen LogP contribution is -2.43. The molecule has 2 aromatic rings. The molecule has 2 fully saturated rings. The molecule has 0 bridgehead atoms. The zero-order valence-electron chi connectivity index (χ0n) is 18.1. The van der Waals surface area contributed by atoms with Crippen LogP contribution in [0.5, 0.6) is 0 Å². The molecule has 2 aromatic carbocycles. The summed E-state index contributed by atoms with van der Waals surface area (Å²) in [5.41, 5.74) is 3.02. The van der Waals surface area contributed by atoms with Gasteiger partial charge in [0, 0.05) is 48.9 Å². The largest absolute Gasteiger partial charge is 0.371 e. The predicted molar refractivity (Wildman–Crippen MR) is 125 cm³/mol. The summed E-state index contributed by atoms with van der Waals surface area (Å²) in [6.07, 6.45) is 2.36. The van der Waals surface area contributed by atoms with Gasteiger partial charge >= 0.3 is 12.1 Å². The van der Waals surface area contributed by atoms with Crippen molar-refractivity contribution in [2.75, 3.05) is 46.6 Å². The van der Waals surface area contributed by atoms with Crippen molar-refractivity contribution in [1.82, 2.24) is 10.6 Å². The van der Waals surface area contributed by atoms with E-state index in [-0.39, 0.29) is 11.9 Å². The maximum absolute atomic E-state index is 12.6. The van der Waals surface area contributed by atoms with Crippen molar-refractivity contribution in [1.29, 1.82) is 0 Å². The summed E-state index contributed by atoms with van der Waals surface area (Å²) in [4.78, 5) is 40.7. The second-order valence-electron chi connectivity index (χ2n) is 7.99. The summed E-state index contributed by atoms with van der Waals surface area (Å²) >= 11 is 0.